The number of nitrogens with one attached hydrogen (secondary N) is 4. The molecule has 0 unspecified atom stereocenters. The Morgan fingerprint density at radius 3 is 2.11 bits per heavy atom. The van der Waals surface area contributed by atoms with Crippen LogP contribution in [0, 0.1) is 0 Å². The van der Waals surface area contributed by atoms with E-state index in [2.05, 4.69) is 26.3 Å². The number of rotatable bonds is 13. The molecule has 12 nitrogen and oxygen atoms in total. The molecule has 4 N–H and O–H groups in total. The monoisotopic (exact) mass is 755 g/mol. The van der Waals surface area contributed by atoms with E-state index in [4.69, 9.17) is 37.7 Å². The molecule has 274 valence electrons. The number of halogens is 2. The topological polar surface area (TPSA) is 148 Å². The fourth-order valence-corrected chi connectivity index (χ4v) is 7.46. The van der Waals surface area contributed by atoms with E-state index in [1.165, 1.54) is 4.40 Å². The van der Waals surface area contributed by atoms with Gasteiger partial charge in [-0.3, -0.25) is 18.8 Å². The Bertz CT molecular complexity index is 2260. The van der Waals surface area contributed by atoms with Gasteiger partial charge in [0.25, 0.3) is 5.56 Å². The highest BCUT2D eigenvalue weighted by Crippen LogP contribution is 2.44. The number of carbonyl (C=O) groups excluding carboxylic acids is 2. The van der Waals surface area contributed by atoms with Crippen LogP contribution < -0.4 is 36.3 Å². The normalized spacial score (nSPS) is 16.9. The number of hydrogen-bond donors (Lipinski definition) is 4. The van der Waals surface area contributed by atoms with E-state index in [9.17, 15) is 14.4 Å². The lowest BCUT2D eigenvalue weighted by Crippen LogP contribution is -2.36. The standard InChI is InChI=1S/C39H39Cl2N7O5/c1-52-27-15-30(37(41)31(16-27)32-9-6-23(38(47-32)53-2)17-42-20-25-7-10-34(49)45-25)29-5-3-4-28(36(29)40)22-12-13-48-33(14-22)44-19-24(39(48)51)18-43-21-26-8-11-35(50)46-26/h3-6,9,12-16,19,25-26,42-43H,7-8,10-11,17-18,20-21H2,1-2H3,(H,45,49)(H,46,50)/t25-,26-/m0/s1. The molecule has 0 saturated carbocycles. The molecule has 2 amide bonds. The number of pyridine rings is 2. The SMILES string of the molecule is COc1cc(-c2ccc(CNC[C@@H]3CCC(=O)N3)c(OC)n2)c(Cl)c(-c2cccc(-c3ccn4c(=O)c(CNC[C@@H]5CCC(=O)N5)cnc4c3)c2Cl)c1. The molecule has 5 aromatic rings. The highest BCUT2D eigenvalue weighted by molar-refractivity contribution is 6.39. The molecule has 3 aromatic heterocycles. The number of nitrogens with zero attached hydrogens (tertiary/aromatic N) is 3. The zero-order chi connectivity index (χ0) is 37.1. The van der Waals surface area contributed by atoms with Gasteiger partial charge in [0.2, 0.25) is 17.7 Å². The molecule has 0 aliphatic carbocycles. The van der Waals surface area contributed by atoms with Crippen LogP contribution >= 0.6 is 23.2 Å². The molecule has 5 heterocycles. The number of amides is 2. The summed E-state index contributed by atoms with van der Waals surface area (Å²) in [7, 11) is 3.16. The Kier molecular flexibility index (Phi) is 10.9. The van der Waals surface area contributed by atoms with Crippen molar-refractivity contribution in [2.24, 2.45) is 0 Å². The molecule has 0 bridgehead atoms. The van der Waals surface area contributed by atoms with Gasteiger partial charge in [-0.1, -0.05) is 47.5 Å². The van der Waals surface area contributed by atoms with Crippen LogP contribution in [0.5, 0.6) is 11.6 Å². The smallest absolute Gasteiger partial charge is 0.262 e. The van der Waals surface area contributed by atoms with Gasteiger partial charge in [0, 0.05) is 96.9 Å². The Balaban J connectivity index is 1.14. The zero-order valence-electron chi connectivity index (χ0n) is 29.3. The highest BCUT2D eigenvalue weighted by atomic mass is 35.5. The highest BCUT2D eigenvalue weighted by Gasteiger charge is 2.23. The van der Waals surface area contributed by atoms with Gasteiger partial charge < -0.3 is 30.7 Å². The largest absolute Gasteiger partial charge is 0.497 e. The second-order valence-corrected chi connectivity index (χ2v) is 13.9. The summed E-state index contributed by atoms with van der Waals surface area (Å²) in [6.07, 6.45) is 5.96. The zero-order valence-corrected chi connectivity index (χ0v) is 30.8. The van der Waals surface area contributed by atoms with Crippen LogP contribution in [0.4, 0.5) is 0 Å². The lowest BCUT2D eigenvalue weighted by atomic mass is 9.96. The average molecular weight is 757 g/mol. The molecule has 2 aromatic carbocycles. The molecular weight excluding hydrogens is 717 g/mol. The van der Waals surface area contributed by atoms with Crippen molar-refractivity contribution in [3.05, 3.63) is 98.5 Å². The number of carbonyl (C=O) groups is 2. The third-order valence-corrected chi connectivity index (χ3v) is 10.5. The minimum atomic E-state index is -0.173. The Morgan fingerprint density at radius 1 is 0.792 bits per heavy atom. The summed E-state index contributed by atoms with van der Waals surface area (Å²) in [6, 6.07) is 17.0. The summed E-state index contributed by atoms with van der Waals surface area (Å²) in [6.45, 7) is 2.09. The maximum atomic E-state index is 13.3. The van der Waals surface area contributed by atoms with Crippen molar-refractivity contribution < 1.29 is 19.1 Å². The van der Waals surface area contributed by atoms with E-state index < -0.39 is 0 Å². The van der Waals surface area contributed by atoms with E-state index in [-0.39, 0.29) is 29.5 Å². The molecular formula is C39H39Cl2N7O5. The third kappa shape index (κ3) is 7.86. The van der Waals surface area contributed by atoms with Crippen molar-refractivity contribution in [3.63, 3.8) is 0 Å². The first-order valence-corrected chi connectivity index (χ1v) is 18.2. The van der Waals surface area contributed by atoms with Crippen molar-refractivity contribution in [1.29, 1.82) is 0 Å². The number of methoxy groups -OCH3 is 2. The molecule has 2 fully saturated rings. The van der Waals surface area contributed by atoms with Crippen LogP contribution in [0.1, 0.15) is 36.8 Å². The Hall–Kier alpha value is -5.01. The Morgan fingerprint density at radius 2 is 1.45 bits per heavy atom. The first kappa shape index (κ1) is 36.4. The molecule has 2 saturated heterocycles. The van der Waals surface area contributed by atoms with Gasteiger partial charge in [-0.05, 0) is 48.7 Å². The Labute approximate surface area is 316 Å². The van der Waals surface area contributed by atoms with E-state index in [1.54, 1.807) is 26.6 Å². The molecule has 53 heavy (non-hydrogen) atoms. The van der Waals surface area contributed by atoms with Crippen LogP contribution in [-0.4, -0.2) is 65.6 Å². The van der Waals surface area contributed by atoms with Crippen molar-refractivity contribution >= 4 is 40.7 Å². The molecule has 0 spiro atoms. The predicted octanol–water partition coefficient (Wildman–Crippen LogP) is 5.15. The maximum Gasteiger partial charge on any atom is 0.262 e. The summed E-state index contributed by atoms with van der Waals surface area (Å²) in [5.74, 6) is 1.16. The van der Waals surface area contributed by atoms with Crippen molar-refractivity contribution in [2.45, 2.75) is 50.9 Å². The van der Waals surface area contributed by atoms with E-state index in [0.717, 1.165) is 29.5 Å². The molecule has 2 atom stereocenters. The number of fused-ring (bicyclic) bond motifs is 1. The minimum absolute atomic E-state index is 0.0558. The summed E-state index contributed by atoms with van der Waals surface area (Å²) < 4.78 is 12.9. The van der Waals surface area contributed by atoms with Gasteiger partial charge in [0.15, 0.2) is 0 Å². The van der Waals surface area contributed by atoms with Gasteiger partial charge in [-0.15, -0.1) is 0 Å². The van der Waals surface area contributed by atoms with Crippen LogP contribution in [-0.2, 0) is 22.7 Å². The van der Waals surface area contributed by atoms with Crippen LogP contribution in [0.25, 0.3) is 39.2 Å². The van der Waals surface area contributed by atoms with Crippen LogP contribution in [0.15, 0.2) is 71.8 Å². The van der Waals surface area contributed by atoms with E-state index in [0.29, 0.717) is 94.3 Å². The number of benzene rings is 2. The van der Waals surface area contributed by atoms with Gasteiger partial charge in [0.1, 0.15) is 11.4 Å². The first-order chi connectivity index (χ1) is 25.7. The minimum Gasteiger partial charge on any atom is -0.497 e. The summed E-state index contributed by atoms with van der Waals surface area (Å²) in [5, 5.41) is 13.4. The number of ether oxygens (including phenoxy) is 2. The van der Waals surface area contributed by atoms with Crippen molar-refractivity contribution in [3.8, 4) is 45.1 Å². The lowest BCUT2D eigenvalue weighted by Gasteiger charge is -2.17. The summed E-state index contributed by atoms with van der Waals surface area (Å²) in [5.41, 5.74) is 5.78. The predicted molar refractivity (Wildman–Crippen MR) is 204 cm³/mol. The maximum absolute atomic E-state index is 13.3. The molecule has 7 rings (SSSR count). The fourth-order valence-electron chi connectivity index (χ4n) is 6.82. The summed E-state index contributed by atoms with van der Waals surface area (Å²) in [4.78, 5) is 45.7. The number of aromatic nitrogens is 3. The second-order valence-electron chi connectivity index (χ2n) is 13.2. The fraction of sp³-hybridized carbons (Fsp3) is 0.308. The van der Waals surface area contributed by atoms with Crippen molar-refractivity contribution in [2.75, 3.05) is 27.3 Å². The van der Waals surface area contributed by atoms with Crippen molar-refractivity contribution in [1.82, 2.24) is 35.6 Å². The van der Waals surface area contributed by atoms with E-state index in [1.807, 2.05) is 54.6 Å². The molecule has 14 heteroatoms. The average Bonchev–Trinajstić information content (AvgIpc) is 3.79. The van der Waals surface area contributed by atoms with Crippen LogP contribution in [0.3, 0.4) is 0 Å². The number of hydrogen-bond acceptors (Lipinski definition) is 9. The lowest BCUT2D eigenvalue weighted by molar-refractivity contribution is -0.120. The summed E-state index contributed by atoms with van der Waals surface area (Å²) >= 11 is 14.3. The van der Waals surface area contributed by atoms with Gasteiger partial charge >= 0.3 is 0 Å². The third-order valence-electron chi connectivity index (χ3n) is 9.65. The first-order valence-electron chi connectivity index (χ1n) is 17.4. The van der Waals surface area contributed by atoms with Gasteiger partial charge in [-0.25, -0.2) is 9.97 Å². The molecule has 2 aliphatic heterocycles. The van der Waals surface area contributed by atoms with Gasteiger partial charge in [-0.2, -0.15) is 0 Å². The quantitative estimate of drug-likeness (QED) is 0.128. The van der Waals surface area contributed by atoms with E-state index >= 15 is 0 Å². The molecule has 2 aliphatic rings. The second kappa shape index (κ2) is 15.9. The molecule has 0 radical (unpaired) electrons. The van der Waals surface area contributed by atoms with Gasteiger partial charge in [0.05, 0.1) is 30.0 Å². The van der Waals surface area contributed by atoms with Crippen LogP contribution in [0.2, 0.25) is 10.0 Å².